The Balaban J connectivity index is 3.29. The average molecular weight is 489 g/mol. The summed E-state index contributed by atoms with van der Waals surface area (Å²) in [6.45, 7) is 2.24. The van der Waals surface area contributed by atoms with Crippen LogP contribution in [0.2, 0.25) is 0 Å². The minimum atomic E-state index is -6.58. The zero-order chi connectivity index (χ0) is 25.6. The van der Waals surface area contributed by atoms with E-state index in [2.05, 4.69) is 0 Å². The fraction of sp³-hybridized carbons (Fsp3) is 0.500. The predicted octanol–water partition coefficient (Wildman–Crippen LogP) is -0.184. The molecule has 33 heavy (non-hydrogen) atoms. The lowest BCUT2D eigenvalue weighted by atomic mass is 10.0. The topological polar surface area (TPSA) is 202 Å². The van der Waals surface area contributed by atoms with Gasteiger partial charge in [0.1, 0.15) is 29.9 Å². The van der Waals surface area contributed by atoms with Crippen molar-refractivity contribution >= 4 is 34.4 Å². The van der Waals surface area contributed by atoms with Gasteiger partial charge in [0.15, 0.2) is 20.5 Å². The highest BCUT2D eigenvalue weighted by Gasteiger charge is 2.85. The summed E-state index contributed by atoms with van der Waals surface area (Å²) < 4.78 is 5.61. The number of hydrogen-bond acceptors (Lipinski definition) is 11. The van der Waals surface area contributed by atoms with Gasteiger partial charge in [0, 0.05) is 44.7 Å². The number of nitrogens with zero attached hydrogens (tertiary/aromatic N) is 1. The van der Waals surface area contributed by atoms with Crippen LogP contribution < -0.4 is 0 Å². The van der Waals surface area contributed by atoms with E-state index in [0.717, 1.165) is 52.0 Å². The van der Waals surface area contributed by atoms with Gasteiger partial charge >= 0.3 is 0 Å². The maximum atomic E-state index is 13.7. The van der Waals surface area contributed by atoms with Gasteiger partial charge in [-0.15, -0.1) is 0 Å². The van der Waals surface area contributed by atoms with E-state index >= 15 is 0 Å². The third-order valence-electron chi connectivity index (χ3n) is 7.05. The third-order valence-corrected chi connectivity index (χ3v) is 16.0. The molecule has 1 aliphatic heterocycles. The summed E-state index contributed by atoms with van der Waals surface area (Å²) in [6, 6.07) is 3.59. The molecule has 1 fully saturated rings. The molecule has 0 amide bonds. The van der Waals surface area contributed by atoms with Gasteiger partial charge in [-0.2, -0.15) is 0 Å². The van der Waals surface area contributed by atoms with Crippen molar-refractivity contribution in [1.29, 1.82) is 0 Å². The molecule has 5 atom stereocenters. The first-order chi connectivity index (χ1) is 15.2. The van der Waals surface area contributed by atoms with Crippen molar-refractivity contribution in [2.45, 2.75) is 62.4 Å². The molecule has 0 saturated carbocycles. The van der Waals surface area contributed by atoms with Crippen LogP contribution in [-0.4, -0.2) is 82.3 Å². The molecule has 0 bridgehead atoms. The summed E-state index contributed by atoms with van der Waals surface area (Å²) in [7, 11) is -6.58. The number of aliphatic hydroxyl groups excluding tert-OH is 4. The van der Waals surface area contributed by atoms with Gasteiger partial charge in [-0.3, -0.25) is 29.3 Å². The number of carbonyl (C=O) groups is 4. The molecule has 1 aliphatic rings. The van der Waals surface area contributed by atoms with E-state index in [1.165, 1.54) is 0 Å². The van der Waals surface area contributed by atoms with Crippen LogP contribution >= 0.6 is 8.29 Å². The first-order valence-corrected chi connectivity index (χ1v) is 12.3. The molecule has 0 aliphatic carbocycles. The van der Waals surface area contributed by atoms with Gasteiger partial charge in [-0.05, 0) is 20.4 Å². The molecular formula is C20H27NO11S. The van der Waals surface area contributed by atoms with Gasteiger partial charge in [0.05, 0.1) is 11.5 Å². The molecule has 0 unspecified atom stereocenters. The Kier molecular flexibility index (Phi) is 6.51. The molecule has 0 spiro atoms. The molecule has 184 valence electrons. The highest BCUT2D eigenvalue weighted by Crippen LogP contribution is 2.98. The number of aliphatic hydroxyl groups is 4. The fourth-order valence-electron chi connectivity index (χ4n) is 5.14. The molecule has 13 heteroatoms. The number of ether oxygens (including phenoxy) is 1. The van der Waals surface area contributed by atoms with Crippen LogP contribution in [0.4, 0.5) is 5.69 Å². The maximum Gasteiger partial charge on any atom is 0.269 e. The molecule has 4 N–H and O–H groups in total. The van der Waals surface area contributed by atoms with Crippen molar-refractivity contribution in [3.63, 3.8) is 0 Å². The van der Waals surface area contributed by atoms with Gasteiger partial charge in [0.2, 0.25) is 0 Å². The molecule has 2 rings (SSSR count). The Labute approximate surface area is 187 Å². The van der Waals surface area contributed by atoms with Crippen molar-refractivity contribution in [3.8, 4) is 0 Å². The molecule has 1 saturated heterocycles. The summed E-state index contributed by atoms with van der Waals surface area (Å²) in [6.07, 6.45) is -7.99. The second kappa shape index (κ2) is 8.04. The van der Waals surface area contributed by atoms with E-state index in [4.69, 9.17) is 4.74 Å². The largest absolute Gasteiger partial charge is 0.394 e. The first kappa shape index (κ1) is 26.7. The van der Waals surface area contributed by atoms with Crippen LogP contribution in [-0.2, 0) is 23.9 Å². The fourth-order valence-corrected chi connectivity index (χ4v) is 12.6. The number of non-ortho nitro benzene ring substituents is 1. The molecular weight excluding hydrogens is 462 g/mol. The molecule has 0 aromatic heterocycles. The van der Waals surface area contributed by atoms with E-state index in [9.17, 15) is 49.7 Å². The van der Waals surface area contributed by atoms with Crippen molar-refractivity contribution < 1.29 is 49.3 Å². The average Bonchev–Trinajstić information content (AvgIpc) is 2.74. The van der Waals surface area contributed by atoms with E-state index in [-0.39, 0.29) is 0 Å². The lowest BCUT2D eigenvalue weighted by molar-refractivity contribution is -0.384. The van der Waals surface area contributed by atoms with Gasteiger partial charge in [-0.1, -0.05) is 0 Å². The zero-order valence-electron chi connectivity index (χ0n) is 18.4. The quantitative estimate of drug-likeness (QED) is 0.323. The van der Waals surface area contributed by atoms with Crippen molar-refractivity contribution in [1.82, 2.24) is 0 Å². The van der Waals surface area contributed by atoms with Gasteiger partial charge in [-0.25, -0.2) is 0 Å². The van der Waals surface area contributed by atoms with Crippen LogP contribution in [0.25, 0.3) is 0 Å². The minimum Gasteiger partial charge on any atom is -0.394 e. The minimum absolute atomic E-state index is 0.476. The van der Waals surface area contributed by atoms with E-state index in [0.29, 0.717) is 0 Å². The van der Waals surface area contributed by atoms with Crippen molar-refractivity contribution in [2.24, 2.45) is 0 Å². The van der Waals surface area contributed by atoms with E-state index < -0.39 is 80.7 Å². The predicted molar refractivity (Wildman–Crippen MR) is 115 cm³/mol. The second-order valence-corrected chi connectivity index (χ2v) is 14.5. The number of nitro groups is 1. The SMILES string of the molecule is CC(=O)S(C(C)=O)(C(C)=O)(C(C)=O)(c1ccc([N+](=O)[O-])cc1)[C@@H]1O[C@H](CO)[C@H](O)[C@H](O)[C@H]1O. The summed E-state index contributed by atoms with van der Waals surface area (Å²) >= 11 is 0. The van der Waals surface area contributed by atoms with E-state index in [1.807, 2.05) is 0 Å². The highest BCUT2D eigenvalue weighted by atomic mass is 32.4. The van der Waals surface area contributed by atoms with Crippen molar-refractivity contribution in [2.75, 3.05) is 6.61 Å². The molecule has 1 aromatic carbocycles. The van der Waals surface area contributed by atoms with Crippen LogP contribution in [0.15, 0.2) is 29.2 Å². The number of rotatable bonds is 4. The molecule has 12 nitrogen and oxygen atoms in total. The first-order valence-electron chi connectivity index (χ1n) is 9.79. The third kappa shape index (κ3) is 2.54. The second-order valence-electron chi connectivity index (χ2n) is 8.02. The van der Waals surface area contributed by atoms with E-state index in [1.54, 1.807) is 0 Å². The summed E-state index contributed by atoms with van der Waals surface area (Å²) in [5.74, 6) is 0. The van der Waals surface area contributed by atoms with Gasteiger partial charge in [0.25, 0.3) is 5.69 Å². The monoisotopic (exact) mass is 489 g/mol. The molecule has 1 aromatic rings. The number of benzene rings is 1. The summed E-state index contributed by atoms with van der Waals surface area (Å²) in [5, 5.41) is 47.4. The normalized spacial score (nSPS) is 27.7. The van der Waals surface area contributed by atoms with Gasteiger partial charge < -0.3 is 25.2 Å². The lowest BCUT2D eigenvalue weighted by Gasteiger charge is -2.75. The molecule has 1 heterocycles. The standard InChI is InChI=1S/C20H27NO11S/c1-10(23)33(11(2)24,12(3)25,13(4)26,15-7-5-14(6-8-15)21(30)31)20-19(29)18(28)17(27)16(9-22)32-20/h5-8,16-20,22,27-29H,9H2,1-4H3/t16-,17+,18+,19-,20+/m1/s1. The lowest BCUT2D eigenvalue weighted by Crippen LogP contribution is -2.73. The highest BCUT2D eigenvalue weighted by molar-refractivity contribution is 8.99. The number of nitro benzene ring substituents is 1. The summed E-state index contributed by atoms with van der Waals surface area (Å²) in [4.78, 5) is 64.8. The van der Waals surface area contributed by atoms with Crippen LogP contribution in [0.1, 0.15) is 27.7 Å². The Bertz CT molecular complexity index is 977. The Hall–Kier alpha value is -2.55. The Morgan fingerprint density at radius 2 is 1.30 bits per heavy atom. The van der Waals surface area contributed by atoms with Crippen LogP contribution in [0, 0.1) is 10.1 Å². The maximum absolute atomic E-state index is 13.7. The van der Waals surface area contributed by atoms with Crippen LogP contribution in [0.5, 0.6) is 0 Å². The smallest absolute Gasteiger partial charge is 0.269 e. The molecule has 0 radical (unpaired) electrons. The van der Waals surface area contributed by atoms with Crippen molar-refractivity contribution in [3.05, 3.63) is 34.4 Å². The zero-order valence-corrected chi connectivity index (χ0v) is 19.2. The number of hydrogen-bond donors (Lipinski definition) is 4. The Morgan fingerprint density at radius 1 is 0.879 bits per heavy atom. The Morgan fingerprint density at radius 3 is 1.64 bits per heavy atom. The van der Waals surface area contributed by atoms with Crippen LogP contribution in [0.3, 0.4) is 0 Å². The number of carbonyl (C=O) groups excluding carboxylic acids is 4. The summed E-state index contributed by atoms with van der Waals surface area (Å²) in [5.41, 5.74) is -2.80.